The van der Waals surface area contributed by atoms with Crippen molar-refractivity contribution in [3.63, 3.8) is 0 Å². The van der Waals surface area contributed by atoms with Crippen molar-refractivity contribution >= 4 is 21.8 Å². The number of hydrogen-bond acceptors (Lipinski definition) is 4. The summed E-state index contributed by atoms with van der Waals surface area (Å²) in [4.78, 5) is 0. The molecular weight excluding hydrogens is 388 g/mol. The van der Waals surface area contributed by atoms with E-state index in [4.69, 9.17) is 21.1 Å². The maximum Gasteiger partial charge on any atom is 0.276 e. The summed E-state index contributed by atoms with van der Waals surface area (Å²) in [5.41, 5.74) is 1.97. The average Bonchev–Trinajstić information content (AvgIpc) is 2.66. The second kappa shape index (κ2) is 10.5. The lowest BCUT2D eigenvalue weighted by Gasteiger charge is -2.11. The van der Waals surface area contributed by atoms with Gasteiger partial charge in [-0.3, -0.25) is 0 Å². The van der Waals surface area contributed by atoms with E-state index in [9.17, 15) is 8.42 Å². The number of ether oxygens (including phenoxy) is 2. The molecule has 0 saturated heterocycles. The molecule has 2 aromatic carbocycles. The minimum atomic E-state index is -3.53. The molecule has 0 heterocycles. The van der Waals surface area contributed by atoms with Crippen molar-refractivity contribution < 1.29 is 17.9 Å². The molecule has 8 heteroatoms. The summed E-state index contributed by atoms with van der Waals surface area (Å²) in [7, 11) is -0.355. The molecule has 2 N–H and O–H groups in total. The number of methoxy groups -OCH3 is 2. The Morgan fingerprint density at radius 1 is 0.926 bits per heavy atom. The Morgan fingerprint density at radius 3 is 2.33 bits per heavy atom. The third kappa shape index (κ3) is 7.03. The monoisotopic (exact) mass is 412 g/mol. The lowest BCUT2D eigenvalue weighted by molar-refractivity contribution is 0.354. The summed E-state index contributed by atoms with van der Waals surface area (Å²) in [5, 5.41) is 0.638. The average molecular weight is 413 g/mol. The van der Waals surface area contributed by atoms with Gasteiger partial charge in [-0.05, 0) is 48.6 Å². The molecule has 0 atom stereocenters. The predicted molar refractivity (Wildman–Crippen MR) is 108 cm³/mol. The van der Waals surface area contributed by atoms with Crippen molar-refractivity contribution in [2.45, 2.75) is 19.3 Å². The minimum absolute atomic E-state index is 0.286. The second-order valence-corrected chi connectivity index (χ2v) is 7.92. The Balaban J connectivity index is 1.73. The van der Waals surface area contributed by atoms with Gasteiger partial charge < -0.3 is 9.47 Å². The molecule has 0 aromatic heterocycles. The first-order chi connectivity index (χ1) is 12.9. The molecule has 2 rings (SSSR count). The standard InChI is InChI=1S/C19H25ClN2O4S/c1-25-18-10-9-15(14-19(18)26-2)6-5-12-21-27(23,24)22-13-11-16-7-3-4-8-17(16)20/h3-4,7-10,14,21-22H,5-6,11-13H2,1-2H3. The van der Waals surface area contributed by atoms with Crippen LogP contribution in [-0.4, -0.2) is 35.7 Å². The minimum Gasteiger partial charge on any atom is -0.493 e. The Labute approximate surface area is 166 Å². The zero-order chi connectivity index (χ0) is 19.7. The first-order valence-electron chi connectivity index (χ1n) is 8.63. The molecule has 0 radical (unpaired) electrons. The molecule has 0 aliphatic heterocycles. The smallest absolute Gasteiger partial charge is 0.276 e. The summed E-state index contributed by atoms with van der Waals surface area (Å²) in [6.45, 7) is 0.629. The van der Waals surface area contributed by atoms with E-state index in [0.717, 1.165) is 17.5 Å². The van der Waals surface area contributed by atoms with Crippen LogP contribution in [0.5, 0.6) is 11.5 Å². The molecule has 0 saturated carbocycles. The van der Waals surface area contributed by atoms with Gasteiger partial charge in [-0.15, -0.1) is 0 Å². The van der Waals surface area contributed by atoms with E-state index >= 15 is 0 Å². The van der Waals surface area contributed by atoms with E-state index in [2.05, 4.69) is 9.44 Å². The normalized spacial score (nSPS) is 11.4. The summed E-state index contributed by atoms with van der Waals surface area (Å²) in [6.07, 6.45) is 1.93. The second-order valence-electron chi connectivity index (χ2n) is 5.93. The highest BCUT2D eigenvalue weighted by Gasteiger charge is 2.09. The Hall–Kier alpha value is -1.80. The molecule has 6 nitrogen and oxygen atoms in total. The van der Waals surface area contributed by atoms with Gasteiger partial charge in [-0.1, -0.05) is 35.9 Å². The van der Waals surface area contributed by atoms with E-state index in [0.29, 0.717) is 35.9 Å². The fourth-order valence-corrected chi connectivity index (χ4v) is 3.72. The van der Waals surface area contributed by atoms with Crippen molar-refractivity contribution in [2.75, 3.05) is 27.3 Å². The van der Waals surface area contributed by atoms with Crippen LogP contribution in [0.4, 0.5) is 0 Å². The highest BCUT2D eigenvalue weighted by Crippen LogP contribution is 2.27. The van der Waals surface area contributed by atoms with Crippen molar-refractivity contribution in [2.24, 2.45) is 0 Å². The lowest BCUT2D eigenvalue weighted by Crippen LogP contribution is -2.38. The predicted octanol–water partition coefficient (Wildman–Crippen LogP) is 2.96. The van der Waals surface area contributed by atoms with Crippen molar-refractivity contribution in [1.82, 2.24) is 9.44 Å². The summed E-state index contributed by atoms with van der Waals surface area (Å²) in [5.74, 6) is 1.33. The summed E-state index contributed by atoms with van der Waals surface area (Å²) >= 11 is 6.07. The van der Waals surface area contributed by atoms with Gasteiger partial charge in [-0.2, -0.15) is 8.42 Å². The van der Waals surface area contributed by atoms with Gasteiger partial charge in [0.25, 0.3) is 10.2 Å². The van der Waals surface area contributed by atoms with Crippen LogP contribution in [0.15, 0.2) is 42.5 Å². The number of nitrogens with one attached hydrogen (secondary N) is 2. The van der Waals surface area contributed by atoms with Crippen LogP contribution in [0.3, 0.4) is 0 Å². The van der Waals surface area contributed by atoms with E-state index in [-0.39, 0.29) is 6.54 Å². The molecule has 0 aliphatic carbocycles. The van der Waals surface area contributed by atoms with Gasteiger partial charge in [0.05, 0.1) is 14.2 Å². The molecule has 27 heavy (non-hydrogen) atoms. The van der Waals surface area contributed by atoms with E-state index < -0.39 is 10.2 Å². The Kier molecular flexibility index (Phi) is 8.37. The first kappa shape index (κ1) is 21.5. The Bertz CT molecular complexity index is 843. The quantitative estimate of drug-likeness (QED) is 0.556. The van der Waals surface area contributed by atoms with Crippen LogP contribution >= 0.6 is 11.6 Å². The molecule has 0 bridgehead atoms. The van der Waals surface area contributed by atoms with E-state index in [1.54, 1.807) is 20.3 Å². The third-order valence-electron chi connectivity index (χ3n) is 4.03. The fourth-order valence-electron chi connectivity index (χ4n) is 2.61. The van der Waals surface area contributed by atoms with Crippen molar-refractivity contribution in [3.8, 4) is 11.5 Å². The van der Waals surface area contributed by atoms with Crippen LogP contribution in [0.2, 0.25) is 5.02 Å². The summed E-state index contributed by atoms with van der Waals surface area (Å²) < 4.78 is 39.6. The number of aryl methyl sites for hydroxylation is 1. The van der Waals surface area contributed by atoms with Crippen LogP contribution in [0.25, 0.3) is 0 Å². The van der Waals surface area contributed by atoms with Gasteiger partial charge in [-0.25, -0.2) is 9.44 Å². The van der Waals surface area contributed by atoms with E-state index in [1.807, 2.05) is 36.4 Å². The van der Waals surface area contributed by atoms with Crippen molar-refractivity contribution in [3.05, 3.63) is 58.6 Å². The first-order valence-corrected chi connectivity index (χ1v) is 10.5. The largest absolute Gasteiger partial charge is 0.493 e. The van der Waals surface area contributed by atoms with Gasteiger partial charge in [0.15, 0.2) is 11.5 Å². The molecule has 0 fully saturated rings. The maximum atomic E-state index is 12.0. The number of hydrogen-bond donors (Lipinski definition) is 2. The zero-order valence-electron chi connectivity index (χ0n) is 15.5. The maximum absolute atomic E-state index is 12.0. The third-order valence-corrected chi connectivity index (χ3v) is 5.56. The zero-order valence-corrected chi connectivity index (χ0v) is 17.1. The molecule has 148 valence electrons. The molecule has 0 spiro atoms. The SMILES string of the molecule is COc1ccc(CCCNS(=O)(=O)NCCc2ccccc2Cl)cc1OC. The fraction of sp³-hybridized carbons (Fsp3) is 0.368. The highest BCUT2D eigenvalue weighted by atomic mass is 35.5. The Morgan fingerprint density at radius 2 is 1.63 bits per heavy atom. The number of halogens is 1. The van der Waals surface area contributed by atoms with Crippen LogP contribution < -0.4 is 18.9 Å². The molecule has 0 amide bonds. The van der Waals surface area contributed by atoms with Gasteiger partial charge in [0.2, 0.25) is 0 Å². The van der Waals surface area contributed by atoms with Crippen LogP contribution in [0.1, 0.15) is 17.5 Å². The molecule has 0 unspecified atom stereocenters. The topological polar surface area (TPSA) is 76.7 Å². The summed E-state index contributed by atoms with van der Waals surface area (Å²) in [6, 6.07) is 13.1. The van der Waals surface area contributed by atoms with Crippen LogP contribution in [-0.2, 0) is 23.1 Å². The number of benzene rings is 2. The van der Waals surface area contributed by atoms with Gasteiger partial charge >= 0.3 is 0 Å². The van der Waals surface area contributed by atoms with Crippen LogP contribution in [0, 0.1) is 0 Å². The van der Waals surface area contributed by atoms with Crippen molar-refractivity contribution in [1.29, 1.82) is 0 Å². The van der Waals surface area contributed by atoms with Gasteiger partial charge in [0, 0.05) is 18.1 Å². The highest BCUT2D eigenvalue weighted by molar-refractivity contribution is 7.87. The molecule has 2 aromatic rings. The lowest BCUT2D eigenvalue weighted by atomic mass is 10.1. The van der Waals surface area contributed by atoms with E-state index in [1.165, 1.54) is 0 Å². The van der Waals surface area contributed by atoms with Gasteiger partial charge in [0.1, 0.15) is 0 Å². The number of rotatable bonds is 11. The molecular formula is C19H25ClN2O4S. The molecule has 0 aliphatic rings.